The van der Waals surface area contributed by atoms with Crippen molar-refractivity contribution in [3.05, 3.63) is 68.1 Å². The van der Waals surface area contributed by atoms with Gasteiger partial charge in [-0.05, 0) is 37.5 Å². The minimum absolute atomic E-state index is 0.227. The molecule has 1 aliphatic rings. The van der Waals surface area contributed by atoms with Crippen molar-refractivity contribution in [1.82, 2.24) is 4.98 Å². The molecule has 0 unspecified atom stereocenters. The van der Waals surface area contributed by atoms with E-state index in [1.807, 2.05) is 0 Å². The Morgan fingerprint density at radius 3 is 2.67 bits per heavy atom. The maximum absolute atomic E-state index is 13.2. The monoisotopic (exact) mass is 373 g/mol. The molecule has 27 heavy (non-hydrogen) atoms. The van der Waals surface area contributed by atoms with Crippen LogP contribution in [0.3, 0.4) is 0 Å². The van der Waals surface area contributed by atoms with Gasteiger partial charge in [0.05, 0.1) is 15.9 Å². The number of hydrazone groups is 1. The number of hydrogen-bond donors (Lipinski definition) is 1. The van der Waals surface area contributed by atoms with E-state index in [4.69, 9.17) is 0 Å². The summed E-state index contributed by atoms with van der Waals surface area (Å²) in [6.45, 7) is 0. The summed E-state index contributed by atoms with van der Waals surface area (Å²) in [5.74, 6) is -0.766. The number of benzene rings is 1. The van der Waals surface area contributed by atoms with Gasteiger partial charge in [-0.25, -0.2) is 4.98 Å². The van der Waals surface area contributed by atoms with Gasteiger partial charge in [-0.2, -0.15) is 9.49 Å². The van der Waals surface area contributed by atoms with E-state index in [1.54, 1.807) is 6.07 Å². The molecule has 1 heterocycles. The van der Waals surface area contributed by atoms with E-state index in [0.29, 0.717) is 24.1 Å². The number of hydrogen-bond acceptors (Lipinski definition) is 7. The van der Waals surface area contributed by atoms with Gasteiger partial charge in [0, 0.05) is 23.3 Å². The summed E-state index contributed by atoms with van der Waals surface area (Å²) in [6, 6.07) is 7.91. The van der Waals surface area contributed by atoms with Crippen molar-refractivity contribution in [3.63, 3.8) is 0 Å². The first-order valence-corrected chi connectivity index (χ1v) is 8.33. The highest BCUT2D eigenvalue weighted by atomic mass is 19.1. The van der Waals surface area contributed by atoms with Crippen molar-refractivity contribution in [3.8, 4) is 0 Å². The van der Waals surface area contributed by atoms with Gasteiger partial charge in [0.25, 0.3) is 11.4 Å². The van der Waals surface area contributed by atoms with E-state index < -0.39 is 15.8 Å². The van der Waals surface area contributed by atoms with E-state index in [-0.39, 0.29) is 23.1 Å². The molecule has 2 aromatic rings. The summed E-state index contributed by atoms with van der Waals surface area (Å²) >= 11 is 0. The molecule has 1 fully saturated rings. The summed E-state index contributed by atoms with van der Waals surface area (Å²) in [7, 11) is 0. The zero-order valence-electron chi connectivity index (χ0n) is 14.2. The molecule has 0 aliphatic heterocycles. The molecule has 140 valence electrons. The molecule has 0 radical (unpaired) electrons. The number of pyridine rings is 1. The third-order valence-electron chi connectivity index (χ3n) is 4.40. The van der Waals surface area contributed by atoms with E-state index in [2.05, 4.69) is 15.5 Å². The lowest BCUT2D eigenvalue weighted by Crippen LogP contribution is -2.20. The fourth-order valence-electron chi connectivity index (χ4n) is 3.16. The Labute approximate surface area is 153 Å². The first-order chi connectivity index (χ1) is 13.0. The third kappa shape index (κ3) is 4.22. The van der Waals surface area contributed by atoms with Crippen LogP contribution in [0.25, 0.3) is 0 Å². The first-order valence-electron chi connectivity index (χ1n) is 8.33. The van der Waals surface area contributed by atoms with Gasteiger partial charge in [0.15, 0.2) is 0 Å². The van der Waals surface area contributed by atoms with Crippen molar-refractivity contribution in [1.29, 1.82) is 0 Å². The van der Waals surface area contributed by atoms with E-state index >= 15 is 0 Å². The van der Waals surface area contributed by atoms with Gasteiger partial charge in [0.2, 0.25) is 5.95 Å². The number of nitrogens with zero attached hydrogens (tertiary/aromatic N) is 4. The van der Waals surface area contributed by atoms with Gasteiger partial charge in [0.1, 0.15) is 5.82 Å². The van der Waals surface area contributed by atoms with Crippen LogP contribution in [-0.4, -0.2) is 20.5 Å². The van der Waals surface area contributed by atoms with Crippen LogP contribution in [-0.2, 0) is 0 Å². The highest BCUT2D eigenvalue weighted by molar-refractivity contribution is 5.93. The second-order valence-corrected chi connectivity index (χ2v) is 6.12. The van der Waals surface area contributed by atoms with Crippen LogP contribution in [0, 0.1) is 26.2 Å². The lowest BCUT2D eigenvalue weighted by Gasteiger charge is -2.24. The number of halogens is 1. The minimum atomic E-state index is -0.663. The van der Waals surface area contributed by atoms with Crippen LogP contribution < -0.4 is 5.43 Å². The molecule has 1 atom stereocenters. The van der Waals surface area contributed by atoms with Crippen molar-refractivity contribution in [2.24, 2.45) is 5.10 Å². The van der Waals surface area contributed by atoms with Crippen molar-refractivity contribution in [2.45, 2.75) is 31.6 Å². The SMILES string of the molecule is O=[N+]([O-])c1ccc([C@H]2CCCC/C2=N\Nc2cccc(F)n2)c([N+](=O)[O-])c1. The Morgan fingerprint density at radius 1 is 1.15 bits per heavy atom. The van der Waals surface area contributed by atoms with E-state index in [9.17, 15) is 24.6 Å². The maximum Gasteiger partial charge on any atom is 0.280 e. The lowest BCUT2D eigenvalue weighted by atomic mass is 9.81. The first kappa shape index (κ1) is 18.4. The van der Waals surface area contributed by atoms with Crippen LogP contribution in [0.5, 0.6) is 0 Å². The Morgan fingerprint density at radius 2 is 1.96 bits per heavy atom. The van der Waals surface area contributed by atoms with Crippen LogP contribution in [0.2, 0.25) is 0 Å². The van der Waals surface area contributed by atoms with Crippen molar-refractivity contribution < 1.29 is 14.2 Å². The molecule has 0 spiro atoms. The zero-order chi connectivity index (χ0) is 19.4. The fraction of sp³-hybridized carbons (Fsp3) is 0.294. The van der Waals surface area contributed by atoms with E-state index in [0.717, 1.165) is 18.9 Å². The smallest absolute Gasteiger partial charge is 0.261 e. The summed E-state index contributed by atoms with van der Waals surface area (Å²) in [5.41, 5.74) is 3.12. The van der Waals surface area contributed by atoms with Crippen LogP contribution in [0.15, 0.2) is 41.5 Å². The molecule has 1 aliphatic carbocycles. The molecule has 0 saturated heterocycles. The summed E-state index contributed by atoms with van der Waals surface area (Å²) in [6.07, 6.45) is 2.97. The summed E-state index contributed by atoms with van der Waals surface area (Å²) in [4.78, 5) is 24.8. The molecule has 1 aromatic heterocycles. The average molecular weight is 373 g/mol. The Hall–Kier alpha value is -3.43. The molecular weight excluding hydrogens is 357 g/mol. The number of rotatable bonds is 5. The lowest BCUT2D eigenvalue weighted by molar-refractivity contribution is -0.394. The third-order valence-corrected chi connectivity index (χ3v) is 4.40. The number of nitro groups is 2. The predicted octanol–water partition coefficient (Wildman–Crippen LogP) is 4.16. The normalized spacial score (nSPS) is 18.3. The highest BCUT2D eigenvalue weighted by Crippen LogP contribution is 2.37. The largest absolute Gasteiger partial charge is 0.280 e. The standard InChI is InChI=1S/C17H16FN5O4/c18-16-6-3-7-17(19-16)21-20-14-5-2-1-4-12(14)13-9-8-11(22(24)25)10-15(13)23(26)27/h3,6-10,12H,1-2,4-5H2,(H,19,21)/b20-14+/t12-/m1/s1. The molecule has 0 amide bonds. The Bertz CT molecular complexity index is 918. The van der Waals surface area contributed by atoms with Crippen LogP contribution in [0.1, 0.15) is 37.2 Å². The second kappa shape index (κ2) is 7.85. The number of aromatic nitrogens is 1. The molecule has 1 saturated carbocycles. The van der Waals surface area contributed by atoms with Crippen LogP contribution >= 0.6 is 0 Å². The number of anilines is 1. The highest BCUT2D eigenvalue weighted by Gasteiger charge is 2.30. The van der Waals surface area contributed by atoms with Gasteiger partial charge >= 0.3 is 0 Å². The van der Waals surface area contributed by atoms with Gasteiger partial charge in [-0.1, -0.05) is 12.5 Å². The van der Waals surface area contributed by atoms with Crippen molar-refractivity contribution >= 4 is 22.9 Å². The van der Waals surface area contributed by atoms with Crippen LogP contribution in [0.4, 0.5) is 21.6 Å². The second-order valence-electron chi connectivity index (χ2n) is 6.12. The Kier molecular flexibility index (Phi) is 5.34. The van der Waals surface area contributed by atoms with Crippen molar-refractivity contribution in [2.75, 3.05) is 5.43 Å². The van der Waals surface area contributed by atoms with Gasteiger partial charge in [-0.15, -0.1) is 0 Å². The topological polar surface area (TPSA) is 124 Å². The number of nitro benzene ring substituents is 2. The molecule has 0 bridgehead atoms. The zero-order valence-corrected chi connectivity index (χ0v) is 14.2. The molecule has 10 heteroatoms. The fourth-order valence-corrected chi connectivity index (χ4v) is 3.16. The molecule has 1 N–H and O–H groups in total. The number of nitrogens with one attached hydrogen (secondary N) is 1. The molecule has 1 aromatic carbocycles. The van der Waals surface area contributed by atoms with E-state index in [1.165, 1.54) is 24.3 Å². The summed E-state index contributed by atoms with van der Waals surface area (Å²) in [5, 5.41) is 26.7. The Balaban J connectivity index is 1.94. The van der Waals surface area contributed by atoms with Gasteiger partial charge < -0.3 is 0 Å². The molecular formula is C17H16FN5O4. The maximum atomic E-state index is 13.2. The molecule has 3 rings (SSSR count). The number of non-ortho nitro benzene ring substituents is 1. The quantitative estimate of drug-likeness (QED) is 0.477. The summed E-state index contributed by atoms with van der Waals surface area (Å²) < 4.78 is 13.2. The predicted molar refractivity (Wildman–Crippen MR) is 96.2 cm³/mol. The minimum Gasteiger partial charge on any atom is -0.261 e. The average Bonchev–Trinajstić information content (AvgIpc) is 2.66. The molecule has 9 nitrogen and oxygen atoms in total. The van der Waals surface area contributed by atoms with Gasteiger partial charge in [-0.3, -0.25) is 25.7 Å².